The summed E-state index contributed by atoms with van der Waals surface area (Å²) in [7, 11) is -3.85. The minimum Gasteiger partial charge on any atom is -0.334 e. The van der Waals surface area contributed by atoms with Gasteiger partial charge in [0.2, 0.25) is 15.9 Å². The lowest BCUT2D eigenvalue weighted by Gasteiger charge is -2.40. The van der Waals surface area contributed by atoms with Crippen molar-refractivity contribution in [2.45, 2.75) is 82.4 Å². The van der Waals surface area contributed by atoms with Crippen LogP contribution in [0.1, 0.15) is 57.6 Å². The molecule has 1 aliphatic carbocycles. The first kappa shape index (κ1) is 29.0. The van der Waals surface area contributed by atoms with Crippen molar-refractivity contribution in [1.82, 2.24) is 19.4 Å². The van der Waals surface area contributed by atoms with Crippen molar-refractivity contribution in [3.63, 3.8) is 0 Å². The number of nitrogens with zero attached hydrogens (tertiary/aromatic N) is 3. The summed E-state index contributed by atoms with van der Waals surface area (Å²) in [5.74, 6) is -0.654. The number of benzene rings is 2. The van der Waals surface area contributed by atoms with Gasteiger partial charge in [-0.25, -0.2) is 17.6 Å². The molecule has 0 spiro atoms. The van der Waals surface area contributed by atoms with Crippen LogP contribution in [0, 0.1) is 12.7 Å². The van der Waals surface area contributed by atoms with Crippen LogP contribution in [0.3, 0.4) is 0 Å². The largest absolute Gasteiger partial charge is 0.334 e. The predicted molar refractivity (Wildman–Crippen MR) is 148 cm³/mol. The first-order valence-corrected chi connectivity index (χ1v) is 15.0. The van der Waals surface area contributed by atoms with E-state index in [4.69, 9.17) is 0 Å². The summed E-state index contributed by atoms with van der Waals surface area (Å²) in [4.78, 5) is 30.2. The van der Waals surface area contributed by atoms with Gasteiger partial charge in [0.05, 0.1) is 11.4 Å². The maximum atomic E-state index is 13.8. The number of hydrogen-bond donors (Lipinski definition) is 1. The van der Waals surface area contributed by atoms with E-state index in [-0.39, 0.29) is 53.4 Å². The number of piperidine rings is 1. The Labute approximate surface area is 231 Å². The fourth-order valence-electron chi connectivity index (χ4n) is 4.83. The Morgan fingerprint density at radius 1 is 0.949 bits per heavy atom. The summed E-state index contributed by atoms with van der Waals surface area (Å²) in [5, 5.41) is 2.98. The molecular weight excluding hydrogens is 519 g/mol. The van der Waals surface area contributed by atoms with E-state index >= 15 is 0 Å². The van der Waals surface area contributed by atoms with E-state index in [0.717, 1.165) is 24.0 Å². The lowest BCUT2D eigenvalue weighted by Crippen LogP contribution is -2.54. The maximum absolute atomic E-state index is 13.8. The van der Waals surface area contributed by atoms with Gasteiger partial charge in [-0.3, -0.25) is 4.79 Å². The molecule has 0 radical (unpaired) electrons. The van der Waals surface area contributed by atoms with Crippen LogP contribution in [0.15, 0.2) is 53.4 Å². The normalized spacial score (nSPS) is 16.8. The first-order valence-electron chi connectivity index (χ1n) is 13.5. The van der Waals surface area contributed by atoms with Crippen LogP contribution in [0.25, 0.3) is 0 Å². The van der Waals surface area contributed by atoms with Crippen molar-refractivity contribution < 1.29 is 22.4 Å². The summed E-state index contributed by atoms with van der Waals surface area (Å²) in [6.45, 7) is 8.62. The highest BCUT2D eigenvalue weighted by molar-refractivity contribution is 7.89. The van der Waals surface area contributed by atoms with Crippen LogP contribution in [-0.2, 0) is 21.4 Å². The molecular formula is C29H39FN4O4S. The van der Waals surface area contributed by atoms with Crippen LogP contribution in [0.4, 0.5) is 9.18 Å². The smallest absolute Gasteiger partial charge is 0.317 e. The standard InChI is InChI=1S/C29H39FN4O4S/c1-21-5-13-26(14-6-21)39(37,38)34(25-11-12-25)20-27(35)33(19-22-7-9-23(30)10-8-22)24-15-17-32(18-16-24)28(36)31-29(2,3)4/h5-10,13-14,24-25H,11-12,15-20H2,1-4H3,(H,31,36). The molecule has 10 heteroatoms. The van der Waals surface area contributed by atoms with E-state index in [1.54, 1.807) is 46.2 Å². The zero-order valence-corrected chi connectivity index (χ0v) is 24.0. The second-order valence-corrected chi connectivity index (χ2v) is 13.5. The van der Waals surface area contributed by atoms with Gasteiger partial charge >= 0.3 is 6.03 Å². The zero-order chi connectivity index (χ0) is 28.4. The zero-order valence-electron chi connectivity index (χ0n) is 23.2. The van der Waals surface area contributed by atoms with Crippen molar-refractivity contribution in [1.29, 1.82) is 0 Å². The molecule has 39 heavy (non-hydrogen) atoms. The average molecular weight is 559 g/mol. The van der Waals surface area contributed by atoms with E-state index in [9.17, 15) is 22.4 Å². The molecule has 0 unspecified atom stereocenters. The second-order valence-electron chi connectivity index (χ2n) is 11.6. The number of likely N-dealkylation sites (tertiary alicyclic amines) is 1. The van der Waals surface area contributed by atoms with Gasteiger partial charge in [0.25, 0.3) is 0 Å². The molecule has 1 aliphatic heterocycles. The molecule has 0 bridgehead atoms. The van der Waals surface area contributed by atoms with Gasteiger partial charge < -0.3 is 15.1 Å². The monoisotopic (exact) mass is 558 g/mol. The SMILES string of the molecule is Cc1ccc(S(=O)(=O)N(CC(=O)N(Cc2ccc(F)cc2)C2CCN(C(=O)NC(C)(C)C)CC2)C2CC2)cc1. The molecule has 3 amide bonds. The Bertz CT molecular complexity index is 1260. The van der Waals surface area contributed by atoms with Crippen molar-refractivity contribution in [2.75, 3.05) is 19.6 Å². The number of halogens is 1. The van der Waals surface area contributed by atoms with Crippen LogP contribution in [-0.4, -0.2) is 71.7 Å². The number of hydrogen-bond acceptors (Lipinski definition) is 4. The van der Waals surface area contributed by atoms with Gasteiger partial charge in [-0.1, -0.05) is 29.8 Å². The van der Waals surface area contributed by atoms with Crippen LogP contribution in [0.5, 0.6) is 0 Å². The van der Waals surface area contributed by atoms with Gasteiger partial charge in [-0.05, 0) is 83.2 Å². The highest BCUT2D eigenvalue weighted by Gasteiger charge is 2.41. The number of nitrogens with one attached hydrogen (secondary N) is 1. The van der Waals surface area contributed by atoms with Crippen LogP contribution < -0.4 is 5.32 Å². The Kier molecular flexibility index (Phi) is 8.66. The molecule has 0 atom stereocenters. The number of carbonyl (C=O) groups excluding carboxylic acids is 2. The van der Waals surface area contributed by atoms with E-state index in [1.807, 2.05) is 27.7 Å². The van der Waals surface area contributed by atoms with Crippen molar-refractivity contribution in [3.8, 4) is 0 Å². The van der Waals surface area contributed by atoms with Crippen molar-refractivity contribution >= 4 is 22.0 Å². The molecule has 2 aliphatic rings. The van der Waals surface area contributed by atoms with Crippen molar-refractivity contribution in [2.24, 2.45) is 0 Å². The third-order valence-electron chi connectivity index (χ3n) is 7.13. The second kappa shape index (κ2) is 11.6. The fraction of sp³-hybridized carbons (Fsp3) is 0.517. The van der Waals surface area contributed by atoms with Crippen LogP contribution in [0.2, 0.25) is 0 Å². The third-order valence-corrected chi connectivity index (χ3v) is 9.05. The Balaban J connectivity index is 1.53. The lowest BCUT2D eigenvalue weighted by atomic mass is 10.0. The highest BCUT2D eigenvalue weighted by Crippen LogP contribution is 2.32. The Morgan fingerprint density at radius 3 is 2.08 bits per heavy atom. The number of carbonyl (C=O) groups is 2. The van der Waals surface area contributed by atoms with Gasteiger partial charge in [0, 0.05) is 37.3 Å². The molecule has 2 aromatic carbocycles. The third kappa shape index (κ3) is 7.57. The molecule has 1 saturated carbocycles. The number of urea groups is 1. The summed E-state index contributed by atoms with van der Waals surface area (Å²) >= 11 is 0. The quantitative estimate of drug-likeness (QED) is 0.524. The molecule has 4 rings (SSSR count). The summed E-state index contributed by atoms with van der Waals surface area (Å²) in [6, 6.07) is 12.2. The van der Waals surface area contributed by atoms with Gasteiger partial charge in [-0.2, -0.15) is 4.31 Å². The molecule has 2 fully saturated rings. The van der Waals surface area contributed by atoms with Crippen LogP contribution >= 0.6 is 0 Å². The minimum absolute atomic E-state index is 0.138. The molecule has 1 saturated heterocycles. The van der Waals surface area contributed by atoms with E-state index in [0.29, 0.717) is 25.9 Å². The molecule has 1 heterocycles. The topological polar surface area (TPSA) is 90.0 Å². The molecule has 212 valence electrons. The summed E-state index contributed by atoms with van der Waals surface area (Å²) in [6.07, 6.45) is 2.58. The van der Waals surface area contributed by atoms with E-state index < -0.39 is 10.0 Å². The minimum atomic E-state index is -3.85. The highest BCUT2D eigenvalue weighted by atomic mass is 32.2. The Morgan fingerprint density at radius 2 is 1.54 bits per heavy atom. The molecule has 8 nitrogen and oxygen atoms in total. The van der Waals surface area contributed by atoms with Gasteiger partial charge in [0.15, 0.2) is 0 Å². The summed E-state index contributed by atoms with van der Waals surface area (Å²) < 4.78 is 42.0. The van der Waals surface area contributed by atoms with E-state index in [1.165, 1.54) is 16.4 Å². The fourth-order valence-corrected chi connectivity index (χ4v) is 6.47. The number of aryl methyl sites for hydroxylation is 1. The predicted octanol–water partition coefficient (Wildman–Crippen LogP) is 4.29. The first-order chi connectivity index (χ1) is 18.3. The Hall–Kier alpha value is -2.98. The number of amides is 3. The molecule has 1 N–H and O–H groups in total. The number of sulfonamides is 1. The summed E-state index contributed by atoms with van der Waals surface area (Å²) in [5.41, 5.74) is 1.36. The van der Waals surface area contributed by atoms with Gasteiger partial charge in [0.1, 0.15) is 5.82 Å². The van der Waals surface area contributed by atoms with Crippen molar-refractivity contribution in [3.05, 3.63) is 65.5 Å². The lowest BCUT2D eigenvalue weighted by molar-refractivity contribution is -0.135. The van der Waals surface area contributed by atoms with E-state index in [2.05, 4.69) is 5.32 Å². The maximum Gasteiger partial charge on any atom is 0.317 e. The number of rotatable bonds is 8. The molecule has 0 aromatic heterocycles. The average Bonchev–Trinajstić information content (AvgIpc) is 3.71. The van der Waals surface area contributed by atoms with Gasteiger partial charge in [-0.15, -0.1) is 0 Å². The molecule has 2 aromatic rings.